The van der Waals surface area contributed by atoms with E-state index in [2.05, 4.69) is 25.9 Å². The van der Waals surface area contributed by atoms with E-state index in [1.807, 2.05) is 19.1 Å². The van der Waals surface area contributed by atoms with Crippen LogP contribution in [0.5, 0.6) is 5.75 Å². The molecule has 9 nitrogen and oxygen atoms in total. The summed E-state index contributed by atoms with van der Waals surface area (Å²) < 4.78 is 5.12. The van der Waals surface area contributed by atoms with E-state index in [0.717, 1.165) is 5.56 Å². The number of ether oxygens (including phenoxy) is 1. The maximum atomic E-state index is 12.9. The molecule has 4 rings (SSSR count). The Balaban J connectivity index is 1.60. The van der Waals surface area contributed by atoms with Crippen molar-refractivity contribution in [2.75, 3.05) is 23.1 Å². The summed E-state index contributed by atoms with van der Waals surface area (Å²) in [5.74, 6) is -0.870. The number of nitrogens with zero attached hydrogens (tertiary/aromatic N) is 1. The van der Waals surface area contributed by atoms with Crippen LogP contribution in [-0.2, 0) is 9.59 Å². The van der Waals surface area contributed by atoms with Gasteiger partial charge < -0.3 is 20.7 Å². The molecule has 0 bridgehead atoms. The van der Waals surface area contributed by atoms with Gasteiger partial charge in [-0.25, -0.2) is 0 Å². The van der Waals surface area contributed by atoms with Gasteiger partial charge in [0.2, 0.25) is 17.8 Å². The van der Waals surface area contributed by atoms with Crippen LogP contribution in [0.2, 0.25) is 0 Å². The summed E-state index contributed by atoms with van der Waals surface area (Å²) in [5.41, 5.74) is 1.94. The quantitative estimate of drug-likeness (QED) is 0.504. The molecule has 1 aromatic heterocycles. The number of rotatable bonds is 5. The summed E-state index contributed by atoms with van der Waals surface area (Å²) in [5, 5.41) is 8.33. The summed E-state index contributed by atoms with van der Waals surface area (Å²) in [6.45, 7) is 1.94. The number of aryl methyl sites for hydroxylation is 1. The van der Waals surface area contributed by atoms with Crippen molar-refractivity contribution < 1.29 is 14.3 Å². The first-order valence-electron chi connectivity index (χ1n) is 9.65. The van der Waals surface area contributed by atoms with Crippen molar-refractivity contribution in [3.63, 3.8) is 0 Å². The van der Waals surface area contributed by atoms with Crippen LogP contribution in [0.4, 0.5) is 23.1 Å². The van der Waals surface area contributed by atoms with Gasteiger partial charge in [-0.15, -0.1) is 0 Å². The second-order valence-corrected chi connectivity index (χ2v) is 7.19. The number of hydrogen-bond donors (Lipinski definition) is 4. The van der Waals surface area contributed by atoms with E-state index in [0.29, 0.717) is 17.1 Å². The number of anilines is 4. The molecule has 1 aliphatic heterocycles. The smallest absolute Gasteiger partial charge is 0.258 e. The van der Waals surface area contributed by atoms with Gasteiger partial charge in [-0.05, 0) is 43.3 Å². The van der Waals surface area contributed by atoms with Crippen LogP contribution in [-0.4, -0.2) is 28.9 Å². The number of nitrogens with one attached hydrogen (secondary N) is 4. The topological polar surface area (TPSA) is 125 Å². The standard InChI is InChI=1S/C22H21N5O4/c1-12-3-5-13(6-4-12)23-20(29)16-11-17(28)25-19-18(16)21(30)27-22(26-19)24-14-7-9-15(31-2)10-8-14/h3-10,16H,11H2,1-2H3,(H,23,29)(H3,24,25,26,27,28,30)/t16-/m1/s1. The van der Waals surface area contributed by atoms with E-state index in [1.165, 1.54) is 0 Å². The Morgan fingerprint density at radius 1 is 1.06 bits per heavy atom. The molecule has 9 heteroatoms. The third kappa shape index (κ3) is 4.40. The molecular formula is C22H21N5O4. The van der Waals surface area contributed by atoms with E-state index >= 15 is 0 Å². The number of carbonyl (C=O) groups excluding carboxylic acids is 2. The molecule has 0 saturated heterocycles. The fourth-order valence-electron chi connectivity index (χ4n) is 3.33. The second kappa shape index (κ2) is 8.31. The molecule has 0 fully saturated rings. The molecule has 0 unspecified atom stereocenters. The minimum atomic E-state index is -0.948. The molecular weight excluding hydrogens is 398 g/mol. The second-order valence-electron chi connectivity index (χ2n) is 7.19. The number of aromatic nitrogens is 2. The van der Waals surface area contributed by atoms with Crippen LogP contribution in [0, 0.1) is 6.92 Å². The van der Waals surface area contributed by atoms with Gasteiger partial charge in [-0.3, -0.25) is 19.4 Å². The molecule has 2 aromatic carbocycles. The Morgan fingerprint density at radius 3 is 2.42 bits per heavy atom. The number of hydrogen-bond acceptors (Lipinski definition) is 6. The van der Waals surface area contributed by atoms with Crippen molar-refractivity contribution in [1.82, 2.24) is 9.97 Å². The molecule has 0 spiro atoms. The average molecular weight is 419 g/mol. The van der Waals surface area contributed by atoms with E-state index in [-0.39, 0.29) is 29.7 Å². The molecule has 1 atom stereocenters. The van der Waals surface area contributed by atoms with Crippen molar-refractivity contribution in [2.24, 2.45) is 0 Å². The van der Waals surface area contributed by atoms with E-state index in [4.69, 9.17) is 4.74 Å². The molecule has 0 saturated carbocycles. The first kappa shape index (κ1) is 20.1. The van der Waals surface area contributed by atoms with E-state index < -0.39 is 17.4 Å². The van der Waals surface area contributed by atoms with Crippen molar-refractivity contribution in [1.29, 1.82) is 0 Å². The number of fused-ring (bicyclic) bond motifs is 1. The van der Waals surface area contributed by atoms with E-state index in [1.54, 1.807) is 43.5 Å². The molecule has 2 amide bonds. The predicted octanol–water partition coefficient (Wildman–Crippen LogP) is 2.90. The van der Waals surface area contributed by atoms with Gasteiger partial charge >= 0.3 is 0 Å². The van der Waals surface area contributed by atoms with Crippen molar-refractivity contribution in [2.45, 2.75) is 19.3 Å². The number of methoxy groups -OCH3 is 1. The van der Waals surface area contributed by atoms with Crippen LogP contribution in [0.15, 0.2) is 53.3 Å². The summed E-state index contributed by atoms with van der Waals surface area (Å²) in [6, 6.07) is 14.3. The lowest BCUT2D eigenvalue weighted by Crippen LogP contribution is -2.36. The van der Waals surface area contributed by atoms with Gasteiger partial charge in [-0.1, -0.05) is 17.7 Å². The highest BCUT2D eigenvalue weighted by Gasteiger charge is 2.34. The fourth-order valence-corrected chi connectivity index (χ4v) is 3.33. The third-order valence-corrected chi connectivity index (χ3v) is 4.94. The minimum absolute atomic E-state index is 0.0695. The molecule has 31 heavy (non-hydrogen) atoms. The maximum absolute atomic E-state index is 12.9. The monoisotopic (exact) mass is 419 g/mol. The Morgan fingerprint density at radius 2 is 1.74 bits per heavy atom. The van der Waals surface area contributed by atoms with Crippen molar-refractivity contribution in [3.8, 4) is 5.75 Å². The highest BCUT2D eigenvalue weighted by atomic mass is 16.5. The van der Waals surface area contributed by atoms with Gasteiger partial charge in [-0.2, -0.15) is 4.98 Å². The fraction of sp³-hybridized carbons (Fsp3) is 0.182. The Hall–Kier alpha value is -4.14. The number of benzene rings is 2. The molecule has 1 aliphatic rings. The van der Waals surface area contributed by atoms with Crippen LogP contribution >= 0.6 is 0 Å². The average Bonchev–Trinajstić information content (AvgIpc) is 2.75. The number of amides is 2. The predicted molar refractivity (Wildman–Crippen MR) is 117 cm³/mol. The summed E-state index contributed by atoms with van der Waals surface area (Å²) in [4.78, 5) is 44.8. The third-order valence-electron chi connectivity index (χ3n) is 4.94. The summed E-state index contributed by atoms with van der Waals surface area (Å²) in [7, 11) is 1.57. The van der Waals surface area contributed by atoms with Crippen LogP contribution in [0.3, 0.4) is 0 Å². The van der Waals surface area contributed by atoms with Crippen LogP contribution in [0.25, 0.3) is 0 Å². The van der Waals surface area contributed by atoms with Crippen LogP contribution < -0.4 is 26.2 Å². The van der Waals surface area contributed by atoms with Gasteiger partial charge in [0.1, 0.15) is 11.6 Å². The van der Waals surface area contributed by atoms with Crippen molar-refractivity contribution >= 4 is 35.0 Å². The molecule has 3 aromatic rings. The van der Waals surface area contributed by atoms with Gasteiger partial charge in [0.25, 0.3) is 5.56 Å². The number of carbonyl (C=O) groups is 2. The van der Waals surface area contributed by atoms with Gasteiger partial charge in [0.15, 0.2) is 0 Å². The lowest BCUT2D eigenvalue weighted by atomic mass is 9.92. The largest absolute Gasteiger partial charge is 0.497 e. The normalized spacial score (nSPS) is 14.9. The maximum Gasteiger partial charge on any atom is 0.258 e. The zero-order chi connectivity index (χ0) is 22.0. The van der Waals surface area contributed by atoms with Gasteiger partial charge in [0, 0.05) is 17.8 Å². The lowest BCUT2D eigenvalue weighted by Gasteiger charge is -2.23. The molecule has 0 radical (unpaired) electrons. The first-order valence-corrected chi connectivity index (χ1v) is 9.65. The highest BCUT2D eigenvalue weighted by molar-refractivity contribution is 6.04. The SMILES string of the molecule is COc1ccc(Nc2nc3c(c(=O)[nH]2)[C@H](C(=O)Nc2ccc(C)cc2)CC(=O)N3)cc1. The lowest BCUT2D eigenvalue weighted by molar-refractivity contribution is -0.123. The zero-order valence-electron chi connectivity index (χ0n) is 17.0. The Kier molecular flexibility index (Phi) is 5.40. The molecule has 2 heterocycles. The Bertz CT molecular complexity index is 1190. The number of aromatic amines is 1. The summed E-state index contributed by atoms with van der Waals surface area (Å²) in [6.07, 6.45) is -0.138. The zero-order valence-corrected chi connectivity index (χ0v) is 17.0. The Labute approximate surface area is 177 Å². The highest BCUT2D eigenvalue weighted by Crippen LogP contribution is 2.30. The molecule has 4 N–H and O–H groups in total. The van der Waals surface area contributed by atoms with Gasteiger partial charge in [0.05, 0.1) is 18.6 Å². The molecule has 158 valence electrons. The molecule has 0 aliphatic carbocycles. The minimum Gasteiger partial charge on any atom is -0.497 e. The van der Waals surface area contributed by atoms with Crippen molar-refractivity contribution in [3.05, 3.63) is 70.0 Å². The summed E-state index contributed by atoms with van der Waals surface area (Å²) >= 11 is 0. The number of H-pyrrole nitrogens is 1. The van der Waals surface area contributed by atoms with E-state index in [9.17, 15) is 14.4 Å². The first-order chi connectivity index (χ1) is 14.9. The van der Waals surface area contributed by atoms with Crippen LogP contribution in [0.1, 0.15) is 23.5 Å².